The summed E-state index contributed by atoms with van der Waals surface area (Å²) in [4.78, 5) is 25.4. The molecule has 124 valence electrons. The predicted molar refractivity (Wildman–Crippen MR) is 86.6 cm³/mol. The maximum atomic E-state index is 12.7. The quantitative estimate of drug-likeness (QED) is 0.604. The summed E-state index contributed by atoms with van der Waals surface area (Å²) in [5.74, 6) is -1.16. The number of Topliss-reactive ketones (excluding diaryl/α,β-unsaturated/α-hetero) is 1. The minimum atomic E-state index is -3.73. The van der Waals surface area contributed by atoms with Crippen molar-refractivity contribution in [2.75, 3.05) is 5.75 Å². The lowest BCUT2D eigenvalue weighted by Gasteiger charge is -2.36. The van der Waals surface area contributed by atoms with Crippen LogP contribution in [0.4, 0.5) is 0 Å². The van der Waals surface area contributed by atoms with E-state index in [9.17, 15) is 18.0 Å². The number of ketones is 1. The van der Waals surface area contributed by atoms with E-state index in [1.54, 1.807) is 17.5 Å². The zero-order valence-corrected chi connectivity index (χ0v) is 14.7. The Kier molecular flexibility index (Phi) is 2.96. The van der Waals surface area contributed by atoms with Crippen LogP contribution in [0.5, 0.6) is 0 Å². The number of nitrogens with zero attached hydrogens (tertiary/aromatic N) is 1. The minimum Gasteiger partial charge on any atom is -0.282 e. The molecule has 7 heteroatoms. The largest absolute Gasteiger partial charge is 0.309 e. The first kappa shape index (κ1) is 15.3. The first-order valence-electron chi connectivity index (χ1n) is 7.85. The third-order valence-electron chi connectivity index (χ3n) is 6.55. The third-order valence-corrected chi connectivity index (χ3v) is 9.32. The van der Waals surface area contributed by atoms with E-state index in [1.165, 1.54) is 11.3 Å². The first-order chi connectivity index (χ1) is 10.7. The molecule has 0 aromatic carbocycles. The summed E-state index contributed by atoms with van der Waals surface area (Å²) in [5, 5.41) is 1.71. The van der Waals surface area contributed by atoms with Crippen molar-refractivity contribution in [2.24, 2.45) is 16.7 Å². The van der Waals surface area contributed by atoms with Gasteiger partial charge in [-0.2, -0.15) is 0 Å². The van der Waals surface area contributed by atoms with Gasteiger partial charge in [0.25, 0.3) is 5.78 Å². The van der Waals surface area contributed by atoms with Gasteiger partial charge in [-0.15, -0.1) is 11.3 Å². The Balaban J connectivity index is 1.75. The molecular weight excluding hydrogens is 334 g/mol. The molecule has 1 aromatic rings. The number of thiophene rings is 1. The van der Waals surface area contributed by atoms with Crippen LogP contribution in [-0.4, -0.2) is 36.2 Å². The van der Waals surface area contributed by atoms with Crippen LogP contribution < -0.4 is 0 Å². The summed E-state index contributed by atoms with van der Waals surface area (Å²) < 4.78 is 26.4. The fraction of sp³-hybridized carbons (Fsp3) is 0.625. The summed E-state index contributed by atoms with van der Waals surface area (Å²) >= 11 is 1.17. The Morgan fingerprint density at radius 2 is 2.09 bits per heavy atom. The minimum absolute atomic E-state index is 0.00235. The molecule has 0 N–H and O–H groups in total. The second-order valence-electron chi connectivity index (χ2n) is 7.53. The highest BCUT2D eigenvalue weighted by Crippen LogP contribution is 2.69. The van der Waals surface area contributed by atoms with Crippen molar-refractivity contribution in [1.29, 1.82) is 0 Å². The second-order valence-corrected chi connectivity index (χ2v) is 10.3. The van der Waals surface area contributed by atoms with Crippen molar-refractivity contribution in [1.82, 2.24) is 4.31 Å². The van der Waals surface area contributed by atoms with Gasteiger partial charge in [0.15, 0.2) is 0 Å². The summed E-state index contributed by atoms with van der Waals surface area (Å²) in [6, 6.07) is 2.90. The van der Waals surface area contributed by atoms with Gasteiger partial charge in [-0.05, 0) is 42.0 Å². The Hall–Kier alpha value is -1.21. The normalized spacial score (nSPS) is 36.2. The number of carbonyl (C=O) groups excluding carboxylic acids is 2. The molecule has 1 amide bonds. The van der Waals surface area contributed by atoms with Crippen LogP contribution in [0.1, 0.15) is 42.8 Å². The second kappa shape index (κ2) is 4.45. The molecular formula is C16H19NO4S2. The van der Waals surface area contributed by atoms with Crippen LogP contribution in [-0.2, 0) is 14.8 Å². The molecule has 1 spiro atoms. The summed E-state index contributed by atoms with van der Waals surface area (Å²) in [7, 11) is -3.73. The molecule has 0 unspecified atom stereocenters. The Bertz CT molecular complexity index is 796. The van der Waals surface area contributed by atoms with Gasteiger partial charge in [0.05, 0.1) is 16.7 Å². The van der Waals surface area contributed by atoms with Gasteiger partial charge in [-0.3, -0.25) is 9.59 Å². The van der Waals surface area contributed by atoms with E-state index in [2.05, 4.69) is 13.8 Å². The van der Waals surface area contributed by atoms with E-state index in [4.69, 9.17) is 0 Å². The van der Waals surface area contributed by atoms with E-state index in [0.29, 0.717) is 17.2 Å². The average molecular weight is 353 g/mol. The molecule has 2 bridgehead atoms. The summed E-state index contributed by atoms with van der Waals surface area (Å²) in [6.45, 7) is 4.24. The number of hydrogen-bond donors (Lipinski definition) is 0. The number of fused-ring (bicyclic) bond motifs is 1. The molecule has 4 rings (SSSR count). The van der Waals surface area contributed by atoms with Crippen molar-refractivity contribution in [3.63, 3.8) is 0 Å². The van der Waals surface area contributed by atoms with Crippen molar-refractivity contribution >= 4 is 33.1 Å². The average Bonchev–Trinajstić information content (AvgIpc) is 3.16. The summed E-state index contributed by atoms with van der Waals surface area (Å²) in [6.07, 6.45) is 2.53. The smallest absolute Gasteiger partial charge is 0.282 e. The van der Waals surface area contributed by atoms with Gasteiger partial charge in [0, 0.05) is 5.41 Å². The lowest BCUT2D eigenvalue weighted by atomic mass is 9.69. The van der Waals surface area contributed by atoms with Gasteiger partial charge in [-0.25, -0.2) is 12.7 Å². The van der Waals surface area contributed by atoms with Crippen LogP contribution in [0.2, 0.25) is 0 Å². The molecule has 23 heavy (non-hydrogen) atoms. The highest BCUT2D eigenvalue weighted by atomic mass is 32.2. The van der Waals surface area contributed by atoms with Crippen molar-refractivity contribution in [3.8, 4) is 0 Å². The predicted octanol–water partition coefficient (Wildman–Crippen LogP) is 2.30. The topological polar surface area (TPSA) is 71.5 Å². The van der Waals surface area contributed by atoms with Gasteiger partial charge >= 0.3 is 5.91 Å². The van der Waals surface area contributed by atoms with E-state index in [1.807, 2.05) is 0 Å². The SMILES string of the molecule is CC1(C)[C@H]2CC[C@@]13CS(=O)(=O)N(C(=O)C(=O)c1cccs1)[C@H]3C2. The molecule has 3 atom stereocenters. The van der Waals surface area contributed by atoms with Crippen LogP contribution in [0.15, 0.2) is 17.5 Å². The maximum Gasteiger partial charge on any atom is 0.309 e. The lowest BCUT2D eigenvalue weighted by molar-refractivity contribution is -0.124. The maximum absolute atomic E-state index is 12.7. The molecule has 2 saturated carbocycles. The summed E-state index contributed by atoms with van der Waals surface area (Å²) in [5.41, 5.74) is -0.492. The molecule has 2 heterocycles. The number of rotatable bonds is 2. The monoisotopic (exact) mass is 353 g/mol. The fourth-order valence-electron chi connectivity index (χ4n) is 5.17. The molecule has 5 nitrogen and oxygen atoms in total. The molecule has 1 aromatic heterocycles. The third kappa shape index (κ3) is 1.75. The Labute approximate surface area is 139 Å². The van der Waals surface area contributed by atoms with E-state index in [0.717, 1.165) is 17.1 Å². The molecule has 1 aliphatic heterocycles. The highest BCUT2D eigenvalue weighted by Gasteiger charge is 2.72. The van der Waals surface area contributed by atoms with Gasteiger partial charge < -0.3 is 0 Å². The van der Waals surface area contributed by atoms with E-state index in [-0.39, 0.29) is 22.6 Å². The van der Waals surface area contributed by atoms with Gasteiger partial charge in [0.2, 0.25) is 10.0 Å². The van der Waals surface area contributed by atoms with Crippen molar-refractivity contribution in [3.05, 3.63) is 22.4 Å². The fourth-order valence-corrected chi connectivity index (χ4v) is 8.33. The zero-order chi connectivity index (χ0) is 16.6. The molecule has 1 saturated heterocycles. The van der Waals surface area contributed by atoms with Crippen LogP contribution in [0, 0.1) is 16.7 Å². The number of sulfonamides is 1. The van der Waals surface area contributed by atoms with Crippen LogP contribution in [0.3, 0.4) is 0 Å². The van der Waals surface area contributed by atoms with E-state index >= 15 is 0 Å². The Morgan fingerprint density at radius 1 is 1.35 bits per heavy atom. The van der Waals surface area contributed by atoms with Crippen molar-refractivity contribution in [2.45, 2.75) is 39.2 Å². The number of amides is 1. The Morgan fingerprint density at radius 3 is 2.70 bits per heavy atom. The van der Waals surface area contributed by atoms with Gasteiger partial charge in [-0.1, -0.05) is 19.9 Å². The zero-order valence-electron chi connectivity index (χ0n) is 13.1. The molecule has 3 fully saturated rings. The number of carbonyl (C=O) groups is 2. The molecule has 2 aliphatic carbocycles. The van der Waals surface area contributed by atoms with E-state index < -0.39 is 21.7 Å². The highest BCUT2D eigenvalue weighted by molar-refractivity contribution is 7.90. The first-order valence-corrected chi connectivity index (χ1v) is 10.3. The number of hydrogen-bond acceptors (Lipinski definition) is 5. The van der Waals surface area contributed by atoms with Crippen LogP contribution >= 0.6 is 11.3 Å². The van der Waals surface area contributed by atoms with Gasteiger partial charge in [0.1, 0.15) is 0 Å². The van der Waals surface area contributed by atoms with Crippen LogP contribution in [0.25, 0.3) is 0 Å². The molecule has 0 radical (unpaired) electrons. The standard InChI is InChI=1S/C16H19NO4S2/c1-15(2)10-5-6-16(15)9-23(20,21)17(12(16)8-10)14(19)13(18)11-4-3-7-22-11/h3-4,7,10,12H,5-6,8-9H2,1-2H3/t10-,12-,16-/m0/s1. The van der Waals surface area contributed by atoms with Crippen molar-refractivity contribution < 1.29 is 18.0 Å². The lowest BCUT2D eigenvalue weighted by Crippen LogP contribution is -2.46. The molecule has 3 aliphatic rings.